The first-order valence-corrected chi connectivity index (χ1v) is 4.66. The normalized spacial score (nSPS) is 31.6. The largest absolute Gasteiger partial charge is 0.328 e. The summed E-state index contributed by atoms with van der Waals surface area (Å²) in [5.74, 6) is 0.870. The first-order chi connectivity index (χ1) is 5.22. The summed E-state index contributed by atoms with van der Waals surface area (Å²) in [6.45, 7) is 4.60. The zero-order chi connectivity index (χ0) is 8.27. The molecule has 0 amide bonds. The van der Waals surface area contributed by atoms with Gasteiger partial charge in [-0.05, 0) is 38.8 Å². The first kappa shape index (κ1) is 9.01. The van der Waals surface area contributed by atoms with E-state index in [2.05, 4.69) is 18.9 Å². The van der Waals surface area contributed by atoms with Gasteiger partial charge in [0, 0.05) is 12.6 Å². The Bertz CT molecular complexity index is 114. The molecule has 0 aliphatic heterocycles. The van der Waals surface area contributed by atoms with Gasteiger partial charge >= 0.3 is 0 Å². The SMILES string of the molecule is CCN(C)CC1CCC(N)C1. The summed E-state index contributed by atoms with van der Waals surface area (Å²) in [4.78, 5) is 2.38. The molecule has 0 spiro atoms. The summed E-state index contributed by atoms with van der Waals surface area (Å²) < 4.78 is 0. The second-order valence-electron chi connectivity index (χ2n) is 3.79. The van der Waals surface area contributed by atoms with Crippen LogP contribution < -0.4 is 5.73 Å². The number of hydrogen-bond donors (Lipinski definition) is 1. The minimum Gasteiger partial charge on any atom is -0.328 e. The van der Waals surface area contributed by atoms with E-state index in [1.54, 1.807) is 0 Å². The predicted molar refractivity (Wildman–Crippen MR) is 48.5 cm³/mol. The van der Waals surface area contributed by atoms with Gasteiger partial charge in [-0.3, -0.25) is 0 Å². The molecule has 1 fully saturated rings. The van der Waals surface area contributed by atoms with Gasteiger partial charge in [-0.25, -0.2) is 0 Å². The van der Waals surface area contributed by atoms with Gasteiger partial charge in [-0.2, -0.15) is 0 Å². The van der Waals surface area contributed by atoms with Crippen molar-refractivity contribution in [3.05, 3.63) is 0 Å². The summed E-state index contributed by atoms with van der Waals surface area (Å²) in [5.41, 5.74) is 5.82. The zero-order valence-corrected chi connectivity index (χ0v) is 7.71. The Morgan fingerprint density at radius 3 is 2.64 bits per heavy atom. The van der Waals surface area contributed by atoms with Crippen molar-refractivity contribution in [1.82, 2.24) is 4.90 Å². The third-order valence-corrected chi connectivity index (χ3v) is 2.69. The number of nitrogens with zero attached hydrogens (tertiary/aromatic N) is 1. The highest BCUT2D eigenvalue weighted by Gasteiger charge is 2.21. The monoisotopic (exact) mass is 156 g/mol. The molecule has 1 rings (SSSR count). The maximum atomic E-state index is 5.82. The molecule has 2 heteroatoms. The van der Waals surface area contributed by atoms with Crippen LogP contribution >= 0.6 is 0 Å². The Balaban J connectivity index is 2.17. The molecule has 2 N–H and O–H groups in total. The van der Waals surface area contributed by atoms with Crippen LogP contribution in [0.25, 0.3) is 0 Å². The van der Waals surface area contributed by atoms with Crippen molar-refractivity contribution < 1.29 is 0 Å². The molecule has 2 nitrogen and oxygen atoms in total. The van der Waals surface area contributed by atoms with Crippen molar-refractivity contribution in [3.63, 3.8) is 0 Å². The van der Waals surface area contributed by atoms with Gasteiger partial charge in [0.1, 0.15) is 0 Å². The van der Waals surface area contributed by atoms with Crippen LogP contribution in [0.2, 0.25) is 0 Å². The van der Waals surface area contributed by atoms with Crippen molar-refractivity contribution in [2.45, 2.75) is 32.2 Å². The molecule has 0 aromatic heterocycles. The maximum absolute atomic E-state index is 5.82. The molecule has 0 heterocycles. The summed E-state index contributed by atoms with van der Waals surface area (Å²) in [7, 11) is 2.18. The molecule has 0 saturated heterocycles. The second kappa shape index (κ2) is 4.07. The topological polar surface area (TPSA) is 29.3 Å². The average molecular weight is 156 g/mol. The summed E-state index contributed by atoms with van der Waals surface area (Å²) in [5, 5.41) is 0. The van der Waals surface area contributed by atoms with Gasteiger partial charge in [-0.1, -0.05) is 6.92 Å². The van der Waals surface area contributed by atoms with E-state index in [1.807, 2.05) is 0 Å². The Kier molecular flexibility index (Phi) is 3.34. The van der Waals surface area contributed by atoms with Gasteiger partial charge < -0.3 is 10.6 Å². The summed E-state index contributed by atoms with van der Waals surface area (Å²) >= 11 is 0. The Morgan fingerprint density at radius 1 is 1.45 bits per heavy atom. The van der Waals surface area contributed by atoms with E-state index in [-0.39, 0.29) is 0 Å². The van der Waals surface area contributed by atoms with Crippen LogP contribution in [-0.4, -0.2) is 31.1 Å². The highest BCUT2D eigenvalue weighted by Crippen LogP contribution is 2.24. The fraction of sp³-hybridized carbons (Fsp3) is 1.00. The quantitative estimate of drug-likeness (QED) is 0.662. The van der Waals surface area contributed by atoms with Crippen LogP contribution in [0.1, 0.15) is 26.2 Å². The van der Waals surface area contributed by atoms with Gasteiger partial charge in [0.2, 0.25) is 0 Å². The second-order valence-corrected chi connectivity index (χ2v) is 3.79. The van der Waals surface area contributed by atoms with Gasteiger partial charge in [0.25, 0.3) is 0 Å². The fourth-order valence-electron chi connectivity index (χ4n) is 1.85. The number of nitrogens with two attached hydrogens (primary N) is 1. The van der Waals surface area contributed by atoms with E-state index in [1.165, 1.54) is 25.8 Å². The molecule has 2 unspecified atom stereocenters. The number of rotatable bonds is 3. The Morgan fingerprint density at radius 2 is 2.18 bits per heavy atom. The molecular formula is C9H20N2. The molecule has 0 aromatic rings. The van der Waals surface area contributed by atoms with E-state index in [4.69, 9.17) is 5.73 Å². The fourth-order valence-corrected chi connectivity index (χ4v) is 1.85. The average Bonchev–Trinajstić information content (AvgIpc) is 2.35. The lowest BCUT2D eigenvalue weighted by atomic mass is 10.1. The standard InChI is InChI=1S/C9H20N2/c1-3-11(2)7-8-4-5-9(10)6-8/h8-9H,3-7,10H2,1-2H3. The van der Waals surface area contributed by atoms with Gasteiger partial charge in [-0.15, -0.1) is 0 Å². The van der Waals surface area contributed by atoms with E-state index < -0.39 is 0 Å². The summed E-state index contributed by atoms with van der Waals surface area (Å²) in [6.07, 6.45) is 3.82. The van der Waals surface area contributed by atoms with Crippen LogP contribution in [0.5, 0.6) is 0 Å². The molecule has 1 aliphatic carbocycles. The maximum Gasteiger partial charge on any atom is 0.00420 e. The third-order valence-electron chi connectivity index (χ3n) is 2.69. The molecule has 1 saturated carbocycles. The Hall–Kier alpha value is -0.0800. The van der Waals surface area contributed by atoms with E-state index in [9.17, 15) is 0 Å². The van der Waals surface area contributed by atoms with Crippen LogP contribution in [0, 0.1) is 5.92 Å². The number of hydrogen-bond acceptors (Lipinski definition) is 2. The van der Waals surface area contributed by atoms with Crippen molar-refractivity contribution >= 4 is 0 Å². The lowest BCUT2D eigenvalue weighted by Crippen LogP contribution is -2.25. The molecular weight excluding hydrogens is 136 g/mol. The molecule has 1 aliphatic rings. The third kappa shape index (κ3) is 2.80. The van der Waals surface area contributed by atoms with Crippen molar-refractivity contribution in [2.75, 3.05) is 20.1 Å². The molecule has 0 radical (unpaired) electrons. The van der Waals surface area contributed by atoms with E-state index >= 15 is 0 Å². The highest BCUT2D eigenvalue weighted by molar-refractivity contribution is 4.79. The molecule has 0 bridgehead atoms. The molecule has 0 aromatic carbocycles. The lowest BCUT2D eigenvalue weighted by molar-refractivity contribution is 0.289. The smallest absolute Gasteiger partial charge is 0.00420 e. The van der Waals surface area contributed by atoms with E-state index in [0.717, 1.165) is 12.5 Å². The minimum absolute atomic E-state index is 0.491. The zero-order valence-electron chi connectivity index (χ0n) is 7.71. The molecule has 2 atom stereocenters. The van der Waals surface area contributed by atoms with Crippen molar-refractivity contribution in [2.24, 2.45) is 11.7 Å². The highest BCUT2D eigenvalue weighted by atomic mass is 15.1. The van der Waals surface area contributed by atoms with Gasteiger partial charge in [0.15, 0.2) is 0 Å². The lowest BCUT2D eigenvalue weighted by Gasteiger charge is -2.18. The van der Waals surface area contributed by atoms with Gasteiger partial charge in [0.05, 0.1) is 0 Å². The predicted octanol–water partition coefficient (Wildman–Crippen LogP) is 1.07. The summed E-state index contributed by atoms with van der Waals surface area (Å²) in [6, 6.07) is 0.491. The van der Waals surface area contributed by atoms with Crippen molar-refractivity contribution in [3.8, 4) is 0 Å². The molecule has 66 valence electrons. The van der Waals surface area contributed by atoms with Crippen molar-refractivity contribution in [1.29, 1.82) is 0 Å². The van der Waals surface area contributed by atoms with Crippen LogP contribution in [0.4, 0.5) is 0 Å². The van der Waals surface area contributed by atoms with Crippen LogP contribution in [0.3, 0.4) is 0 Å². The van der Waals surface area contributed by atoms with Crippen LogP contribution in [-0.2, 0) is 0 Å². The van der Waals surface area contributed by atoms with Crippen LogP contribution in [0.15, 0.2) is 0 Å². The Labute approximate surface area is 69.8 Å². The molecule has 11 heavy (non-hydrogen) atoms. The minimum atomic E-state index is 0.491. The van der Waals surface area contributed by atoms with E-state index in [0.29, 0.717) is 6.04 Å². The first-order valence-electron chi connectivity index (χ1n) is 4.66.